The van der Waals surface area contributed by atoms with Crippen molar-refractivity contribution in [1.82, 2.24) is 9.97 Å². The van der Waals surface area contributed by atoms with E-state index in [9.17, 15) is 4.79 Å². The maximum absolute atomic E-state index is 13.4. The third kappa shape index (κ3) is 4.43. The van der Waals surface area contributed by atoms with Gasteiger partial charge in [0.2, 0.25) is 5.95 Å². The number of carbonyl (C=O) groups excluding carboxylic acids is 1. The van der Waals surface area contributed by atoms with E-state index in [4.69, 9.17) is 14.5 Å². The Morgan fingerprint density at radius 2 is 1.89 bits per heavy atom. The van der Waals surface area contributed by atoms with Gasteiger partial charge in [0.05, 0.1) is 24.7 Å². The van der Waals surface area contributed by atoms with Crippen molar-refractivity contribution in [3.05, 3.63) is 54.2 Å². The number of nitrogens with one attached hydrogen (secondary N) is 1. The largest absolute Gasteiger partial charge is 0.494 e. The Bertz CT molecular complexity index is 1280. The first-order chi connectivity index (χ1) is 17.3. The summed E-state index contributed by atoms with van der Waals surface area (Å²) in [5.74, 6) is 2.50. The Morgan fingerprint density at radius 3 is 2.61 bits per heavy atom. The van der Waals surface area contributed by atoms with Crippen LogP contribution in [-0.4, -0.2) is 41.7 Å². The first-order valence-electron chi connectivity index (χ1n) is 12.4. The molecule has 5 rings (SSSR count). The number of methoxy groups -OCH3 is 1. The Hall–Kier alpha value is -3.81. The lowest BCUT2D eigenvalue weighted by Crippen LogP contribution is -2.51. The van der Waals surface area contributed by atoms with Gasteiger partial charge >= 0.3 is 0 Å². The van der Waals surface area contributed by atoms with Crippen LogP contribution in [0.15, 0.2) is 48.7 Å². The molecule has 1 amide bonds. The number of benzene rings is 2. The van der Waals surface area contributed by atoms with Gasteiger partial charge in [-0.3, -0.25) is 9.69 Å². The highest BCUT2D eigenvalue weighted by molar-refractivity contribution is 6.07. The molecule has 1 fully saturated rings. The molecule has 2 aromatic carbocycles. The molecule has 0 spiro atoms. The maximum atomic E-state index is 13.4. The first-order valence-corrected chi connectivity index (χ1v) is 12.4. The van der Waals surface area contributed by atoms with Gasteiger partial charge in [-0.1, -0.05) is 25.1 Å². The lowest BCUT2D eigenvalue weighted by atomic mass is 9.99. The number of piperidine rings is 1. The van der Waals surface area contributed by atoms with Crippen molar-refractivity contribution in [2.45, 2.75) is 46.1 Å². The van der Waals surface area contributed by atoms with Crippen LogP contribution in [0, 0.1) is 12.8 Å². The van der Waals surface area contributed by atoms with Gasteiger partial charge in [0.1, 0.15) is 5.75 Å². The molecule has 3 heterocycles. The van der Waals surface area contributed by atoms with Crippen molar-refractivity contribution >= 4 is 34.7 Å². The van der Waals surface area contributed by atoms with Crippen molar-refractivity contribution in [2.24, 2.45) is 5.92 Å². The van der Waals surface area contributed by atoms with Crippen LogP contribution in [-0.2, 0) is 4.79 Å². The number of carbonyl (C=O) groups is 1. The fraction of sp³-hybridized carbons (Fsp3) is 0.393. The molecular weight excluding hydrogens is 454 g/mol. The van der Waals surface area contributed by atoms with Crippen molar-refractivity contribution in [1.29, 1.82) is 0 Å². The smallest absolute Gasteiger partial charge is 0.276 e. The Morgan fingerprint density at radius 1 is 1.14 bits per heavy atom. The van der Waals surface area contributed by atoms with Crippen molar-refractivity contribution in [2.75, 3.05) is 35.3 Å². The van der Waals surface area contributed by atoms with Gasteiger partial charge in [-0.05, 0) is 63.3 Å². The summed E-state index contributed by atoms with van der Waals surface area (Å²) in [5, 5.41) is 3.27. The van der Waals surface area contributed by atoms with Crippen LogP contribution in [0.2, 0.25) is 0 Å². The predicted octanol–water partition coefficient (Wildman–Crippen LogP) is 5.61. The Kier molecular flexibility index (Phi) is 6.20. The molecule has 1 N–H and O–H groups in total. The number of fused-ring (bicyclic) bond motifs is 1. The number of rotatable bonds is 5. The number of nitrogens with zero attached hydrogens (tertiary/aromatic N) is 4. The van der Waals surface area contributed by atoms with Gasteiger partial charge in [-0.2, -0.15) is 4.98 Å². The van der Waals surface area contributed by atoms with Crippen molar-refractivity contribution in [3.8, 4) is 11.5 Å². The SMILES string of the molecule is COc1cc(N2CCC(C)CC2)ccc1Nc1ncc2c(n1)N(c1ccccc1C)C(=O)C(C)(C)O2. The maximum Gasteiger partial charge on any atom is 0.276 e. The van der Waals surface area contributed by atoms with Gasteiger partial charge in [0, 0.05) is 24.8 Å². The topological polar surface area (TPSA) is 79.8 Å². The zero-order valence-corrected chi connectivity index (χ0v) is 21.5. The number of hydrogen-bond acceptors (Lipinski definition) is 7. The molecule has 0 aliphatic carbocycles. The molecule has 1 saturated heterocycles. The van der Waals surface area contributed by atoms with Gasteiger partial charge in [-0.15, -0.1) is 0 Å². The minimum Gasteiger partial charge on any atom is -0.494 e. The highest BCUT2D eigenvalue weighted by atomic mass is 16.5. The van der Waals surface area contributed by atoms with Crippen LogP contribution in [0.1, 0.15) is 39.2 Å². The summed E-state index contributed by atoms with van der Waals surface area (Å²) in [5.41, 5.74) is 2.58. The third-order valence-corrected chi connectivity index (χ3v) is 6.97. The number of hydrogen-bond donors (Lipinski definition) is 1. The first kappa shape index (κ1) is 23.9. The monoisotopic (exact) mass is 487 g/mol. The van der Waals surface area contributed by atoms with Crippen LogP contribution in [0.3, 0.4) is 0 Å². The molecule has 0 bridgehead atoms. The highest BCUT2D eigenvalue weighted by Gasteiger charge is 2.43. The number of para-hydroxylation sites is 1. The zero-order valence-electron chi connectivity index (χ0n) is 21.5. The number of anilines is 5. The molecule has 8 nitrogen and oxygen atoms in total. The third-order valence-electron chi connectivity index (χ3n) is 6.97. The summed E-state index contributed by atoms with van der Waals surface area (Å²) in [6.45, 7) is 9.88. The average Bonchev–Trinajstić information content (AvgIpc) is 2.86. The molecule has 0 saturated carbocycles. The molecule has 8 heteroatoms. The average molecular weight is 488 g/mol. The second-order valence-corrected chi connectivity index (χ2v) is 10.1. The molecule has 2 aliphatic heterocycles. The van der Waals surface area contributed by atoms with Crippen LogP contribution < -0.4 is 24.6 Å². The van der Waals surface area contributed by atoms with E-state index in [0.717, 1.165) is 41.6 Å². The molecule has 0 atom stereocenters. The minimum atomic E-state index is -1.04. The van der Waals surface area contributed by atoms with Crippen molar-refractivity contribution < 1.29 is 14.3 Å². The molecule has 0 unspecified atom stereocenters. The summed E-state index contributed by atoms with van der Waals surface area (Å²) >= 11 is 0. The van der Waals surface area contributed by atoms with Gasteiger partial charge < -0.3 is 19.7 Å². The number of aryl methyl sites for hydroxylation is 1. The van der Waals surface area contributed by atoms with Gasteiger partial charge in [0.15, 0.2) is 17.2 Å². The van der Waals surface area contributed by atoms with E-state index in [1.807, 2.05) is 43.3 Å². The number of amides is 1. The standard InChI is InChI=1S/C28H33N5O3/c1-18-12-14-32(15-13-18)20-10-11-21(23(16-20)35-5)30-27-29-17-24-25(31-27)33(26(34)28(3,4)36-24)22-9-7-6-8-19(22)2/h6-11,16-18H,12-15H2,1-5H3,(H,29,30,31). The highest BCUT2D eigenvalue weighted by Crippen LogP contribution is 2.42. The van der Waals surface area contributed by atoms with Crippen LogP contribution in [0.25, 0.3) is 0 Å². The van der Waals surface area contributed by atoms with E-state index in [2.05, 4.69) is 28.2 Å². The zero-order chi connectivity index (χ0) is 25.4. The second-order valence-electron chi connectivity index (χ2n) is 10.1. The Balaban J connectivity index is 1.47. The fourth-order valence-electron chi connectivity index (χ4n) is 4.74. The summed E-state index contributed by atoms with van der Waals surface area (Å²) in [6, 6.07) is 13.9. The molecule has 1 aromatic heterocycles. The Labute approximate surface area is 212 Å². The molecule has 2 aliphatic rings. The molecule has 3 aromatic rings. The lowest BCUT2D eigenvalue weighted by molar-refractivity contribution is -0.131. The molecular formula is C28H33N5O3. The summed E-state index contributed by atoms with van der Waals surface area (Å²) in [7, 11) is 1.66. The molecule has 188 valence electrons. The van der Waals surface area contributed by atoms with E-state index in [1.54, 1.807) is 32.1 Å². The lowest BCUT2D eigenvalue weighted by Gasteiger charge is -2.38. The fourth-order valence-corrected chi connectivity index (χ4v) is 4.74. The van der Waals surface area contributed by atoms with E-state index >= 15 is 0 Å². The minimum absolute atomic E-state index is 0.188. The molecule has 36 heavy (non-hydrogen) atoms. The summed E-state index contributed by atoms with van der Waals surface area (Å²) in [6.07, 6.45) is 4.00. The van der Waals surface area contributed by atoms with Gasteiger partial charge in [-0.25, -0.2) is 4.98 Å². The predicted molar refractivity (Wildman–Crippen MR) is 142 cm³/mol. The summed E-state index contributed by atoms with van der Waals surface area (Å²) < 4.78 is 11.7. The number of ether oxygens (including phenoxy) is 2. The number of aromatic nitrogens is 2. The van der Waals surface area contributed by atoms with E-state index in [-0.39, 0.29) is 5.91 Å². The quantitative estimate of drug-likeness (QED) is 0.501. The van der Waals surface area contributed by atoms with E-state index in [1.165, 1.54) is 12.8 Å². The molecule has 0 radical (unpaired) electrons. The van der Waals surface area contributed by atoms with Crippen LogP contribution in [0.5, 0.6) is 11.5 Å². The van der Waals surface area contributed by atoms with E-state index < -0.39 is 5.60 Å². The normalized spacial score (nSPS) is 17.4. The van der Waals surface area contributed by atoms with Crippen LogP contribution >= 0.6 is 0 Å². The summed E-state index contributed by atoms with van der Waals surface area (Å²) in [4.78, 5) is 26.6. The van der Waals surface area contributed by atoms with E-state index in [0.29, 0.717) is 23.3 Å². The van der Waals surface area contributed by atoms with Crippen molar-refractivity contribution in [3.63, 3.8) is 0 Å². The van der Waals surface area contributed by atoms with Crippen LogP contribution in [0.4, 0.5) is 28.8 Å². The van der Waals surface area contributed by atoms with Gasteiger partial charge in [0.25, 0.3) is 5.91 Å². The second kappa shape index (κ2) is 9.33.